The number of hydrogen-bond donors (Lipinski definition) is 4. The molecule has 0 saturated heterocycles. The third kappa shape index (κ3) is 16.1. The van der Waals surface area contributed by atoms with E-state index >= 15 is 0 Å². The normalized spacial score (nSPS) is 24.8. The average molecular weight is 1340 g/mol. The molecule has 27 nitrogen and oxygen atoms in total. The number of benzene rings is 3. The summed E-state index contributed by atoms with van der Waals surface area (Å²) in [5.74, 6) is -3.59. The molecule has 3 aromatic heterocycles. The maximum absolute atomic E-state index is 14.5. The van der Waals surface area contributed by atoms with Crippen LogP contribution in [-0.4, -0.2) is 163 Å². The summed E-state index contributed by atoms with van der Waals surface area (Å²) < 4.78 is 36.8. The summed E-state index contributed by atoms with van der Waals surface area (Å²) in [5.41, 5.74) is 5.98. The van der Waals surface area contributed by atoms with E-state index < -0.39 is 66.0 Å². The second-order valence-electron chi connectivity index (χ2n) is 27.5. The standard InChI is InChI=1S/C70H89N13O14/c1-78(48-17-9-10-18-48)68(90)71-37-58-61(72-75-80(58)3)43-22-25-49(26-23-43)94-54-33-46(30-47(34-54)67(88)89)56-35-53(95-50-19-11-15-44(31-50)65(84)85)27-28-55(56)63-64(82(5)77-74-63)79(2)69(91)97-52-24-21-42(29-52)39-83(38-41-13-7-6-8-14-41)70(92)93-40-59-62(73-76-81(59)4)57-36-60(57)96-51-20-12-16-45(32-51)66(86)87/h6-8,13-14,22-23,25-28,35,42,44-48,50-52,54,57,60H,9-12,15-21,24,29-34,36-40H2,1-5H3,(H,71,90)(H,84,85)(H,86,87)(H,88,89)/t42?,44-,45-,46?,47-,50-,51-,52?,54-,57?,60?/m0/s1. The van der Waals surface area contributed by atoms with E-state index in [4.69, 9.17) is 23.7 Å². The van der Waals surface area contributed by atoms with Crippen LogP contribution in [0.1, 0.15) is 162 Å². The molecule has 6 aromatic rings. The van der Waals surface area contributed by atoms with Crippen molar-refractivity contribution in [1.82, 2.24) is 60.1 Å². The van der Waals surface area contributed by atoms with Crippen molar-refractivity contribution in [3.8, 4) is 34.0 Å². The van der Waals surface area contributed by atoms with Crippen LogP contribution in [0.4, 0.5) is 20.2 Å². The Labute approximate surface area is 563 Å². The Kier molecular flexibility index (Phi) is 21.0. The van der Waals surface area contributed by atoms with Gasteiger partial charge in [0, 0.05) is 71.4 Å². The Morgan fingerprint density at radius 3 is 1.98 bits per heavy atom. The number of ether oxygens (including phenoxy) is 5. The fraction of sp³-hybridized carbons (Fsp3) is 0.571. The van der Waals surface area contributed by atoms with Crippen LogP contribution in [0, 0.1) is 23.7 Å². The number of carboxylic acid groups (broad SMARTS) is 3. The molecule has 518 valence electrons. The molecule has 0 bridgehead atoms. The number of carbonyl (C=O) groups excluding carboxylic acids is 3. The summed E-state index contributed by atoms with van der Waals surface area (Å²) in [7, 11) is 8.64. The molecule has 11 atom stereocenters. The molecule has 97 heavy (non-hydrogen) atoms. The lowest BCUT2D eigenvalue weighted by Crippen LogP contribution is -2.42. The third-order valence-electron chi connectivity index (χ3n) is 20.8. The lowest BCUT2D eigenvalue weighted by atomic mass is 9.75. The van der Waals surface area contributed by atoms with E-state index in [1.807, 2.05) is 73.8 Å². The number of urea groups is 1. The number of nitrogens with one attached hydrogen (secondary N) is 1. The van der Waals surface area contributed by atoms with E-state index in [-0.39, 0.29) is 74.8 Å². The summed E-state index contributed by atoms with van der Waals surface area (Å²) in [5, 5.41) is 59.9. The van der Waals surface area contributed by atoms with Crippen molar-refractivity contribution in [2.45, 2.75) is 190 Å². The third-order valence-corrected chi connectivity index (χ3v) is 20.8. The number of carboxylic acids is 3. The minimum Gasteiger partial charge on any atom is -0.490 e. The van der Waals surface area contributed by atoms with Crippen LogP contribution < -0.4 is 19.7 Å². The summed E-state index contributed by atoms with van der Waals surface area (Å²) in [4.78, 5) is 83.8. The van der Waals surface area contributed by atoms with E-state index in [1.165, 1.54) is 9.58 Å². The molecule has 0 spiro atoms. The Hall–Kier alpha value is -9.14. The average Bonchev–Trinajstić information content (AvgIpc) is 1.76. The number of aromatic nitrogens is 9. The van der Waals surface area contributed by atoms with Crippen molar-refractivity contribution in [1.29, 1.82) is 0 Å². The van der Waals surface area contributed by atoms with Crippen molar-refractivity contribution < 1.29 is 67.8 Å². The highest BCUT2D eigenvalue weighted by molar-refractivity contribution is 5.91. The molecule has 6 aliphatic carbocycles. The lowest BCUT2D eigenvalue weighted by Gasteiger charge is -2.35. The predicted molar refractivity (Wildman–Crippen MR) is 351 cm³/mol. The van der Waals surface area contributed by atoms with Gasteiger partial charge in [0.2, 0.25) is 0 Å². The van der Waals surface area contributed by atoms with Crippen molar-refractivity contribution >= 4 is 41.9 Å². The number of hydrogen-bond acceptors (Lipinski definition) is 17. The molecule has 3 heterocycles. The number of carbonyl (C=O) groups is 6. The first kappa shape index (κ1) is 67.8. The summed E-state index contributed by atoms with van der Waals surface area (Å²) >= 11 is 0. The van der Waals surface area contributed by atoms with Crippen LogP contribution in [0.5, 0.6) is 11.5 Å². The summed E-state index contributed by atoms with van der Waals surface area (Å²) in [6.07, 6.45) is 9.64. The van der Waals surface area contributed by atoms with Crippen LogP contribution in [0.15, 0.2) is 72.8 Å². The van der Waals surface area contributed by atoms with Crippen molar-refractivity contribution in [3.05, 3.63) is 101 Å². The minimum absolute atomic E-state index is 0.0447. The molecule has 4 N–H and O–H groups in total. The van der Waals surface area contributed by atoms with Crippen molar-refractivity contribution in [2.75, 3.05) is 25.5 Å². The maximum atomic E-state index is 14.5. The zero-order chi connectivity index (χ0) is 68.0. The first-order valence-corrected chi connectivity index (χ1v) is 34.3. The summed E-state index contributed by atoms with van der Waals surface area (Å²) in [6, 6.07) is 22.6. The van der Waals surface area contributed by atoms with Gasteiger partial charge in [0.05, 0.1) is 59.7 Å². The SMILES string of the molecule is CN(C(=O)OC1CCC(CN(Cc2ccccc2)C(=O)OCc2c(C3CC3O[C@H]3CCC[C@H](C(=O)O)C3)nnn2C)C1)c1c(-c2ccc(O[C@H]3CCC[C@H](C(=O)O)C3)cc2C2C[C@H](Oc3ccc(-c4nnn(C)c4CNC(=O)N(C)C4CCCC4)cc3)C[C@@H](C(=O)O)C2)nnn1C. The number of amides is 4. The molecule has 0 radical (unpaired) electrons. The van der Waals surface area contributed by atoms with Crippen LogP contribution >= 0.6 is 0 Å². The molecule has 6 saturated carbocycles. The predicted octanol–water partition coefficient (Wildman–Crippen LogP) is 10.0. The van der Waals surface area contributed by atoms with Gasteiger partial charge in [-0.3, -0.25) is 19.3 Å². The first-order chi connectivity index (χ1) is 46.8. The monoisotopic (exact) mass is 1340 g/mol. The lowest BCUT2D eigenvalue weighted by molar-refractivity contribution is -0.145. The number of rotatable bonds is 24. The van der Waals surface area contributed by atoms with Gasteiger partial charge in [0.25, 0.3) is 0 Å². The van der Waals surface area contributed by atoms with Gasteiger partial charge in [-0.2, -0.15) is 0 Å². The highest BCUT2D eigenvalue weighted by Gasteiger charge is 2.46. The van der Waals surface area contributed by atoms with E-state index in [1.54, 1.807) is 53.4 Å². The maximum Gasteiger partial charge on any atom is 0.415 e. The van der Waals surface area contributed by atoms with E-state index in [2.05, 4.69) is 36.3 Å². The molecule has 6 aliphatic rings. The fourth-order valence-electron chi connectivity index (χ4n) is 15.3. The largest absolute Gasteiger partial charge is 0.490 e. The van der Waals surface area contributed by atoms with Crippen LogP contribution in [0.3, 0.4) is 0 Å². The van der Waals surface area contributed by atoms with Gasteiger partial charge in [-0.05, 0) is 168 Å². The molecule has 6 fully saturated rings. The van der Waals surface area contributed by atoms with Gasteiger partial charge >= 0.3 is 36.1 Å². The minimum atomic E-state index is -0.973. The van der Waals surface area contributed by atoms with Gasteiger partial charge in [0.1, 0.15) is 41.7 Å². The molecular formula is C70H89N13O14. The topological polar surface area (TPSA) is 323 Å². The van der Waals surface area contributed by atoms with Gasteiger partial charge < -0.3 is 54.1 Å². The van der Waals surface area contributed by atoms with Crippen molar-refractivity contribution in [2.24, 2.45) is 44.8 Å². The van der Waals surface area contributed by atoms with Gasteiger partial charge in [-0.15, -0.1) is 15.3 Å². The first-order valence-electron chi connectivity index (χ1n) is 34.3. The van der Waals surface area contributed by atoms with Crippen LogP contribution in [-0.2, 0) is 69.4 Å². The number of nitrogens with zero attached hydrogens (tertiary/aromatic N) is 12. The van der Waals surface area contributed by atoms with Gasteiger partial charge in [0.15, 0.2) is 5.82 Å². The molecule has 5 unspecified atom stereocenters. The second kappa shape index (κ2) is 30.1. The second-order valence-corrected chi connectivity index (χ2v) is 27.5. The highest BCUT2D eigenvalue weighted by atomic mass is 16.6. The molecule has 12 rings (SSSR count). The number of aryl methyl sites for hydroxylation is 3. The molecule has 0 aliphatic heterocycles. The highest BCUT2D eigenvalue weighted by Crippen LogP contribution is 2.48. The molecule has 27 heteroatoms. The van der Waals surface area contributed by atoms with Gasteiger partial charge in [-0.25, -0.2) is 28.4 Å². The Balaban J connectivity index is 0.725. The van der Waals surface area contributed by atoms with Crippen LogP contribution in [0.2, 0.25) is 0 Å². The number of aliphatic carboxylic acids is 3. The molecule has 3 aromatic carbocycles. The van der Waals surface area contributed by atoms with Gasteiger partial charge in [-0.1, -0.05) is 65.2 Å². The summed E-state index contributed by atoms with van der Waals surface area (Å²) in [6.45, 7) is 0.763. The Bertz CT molecular complexity index is 3780. The smallest absolute Gasteiger partial charge is 0.415 e. The Morgan fingerprint density at radius 2 is 1.25 bits per heavy atom. The van der Waals surface area contributed by atoms with E-state index in [0.717, 1.165) is 55.3 Å². The zero-order valence-corrected chi connectivity index (χ0v) is 55.8. The van der Waals surface area contributed by atoms with Crippen molar-refractivity contribution in [3.63, 3.8) is 0 Å². The Morgan fingerprint density at radius 1 is 0.598 bits per heavy atom. The quantitative estimate of drug-likeness (QED) is 0.0438. The molecular weight excluding hydrogens is 1250 g/mol. The van der Waals surface area contributed by atoms with E-state index in [9.17, 15) is 44.1 Å². The number of anilines is 1. The van der Waals surface area contributed by atoms with Crippen LogP contribution in [0.25, 0.3) is 22.5 Å². The fourth-order valence-corrected chi connectivity index (χ4v) is 15.3. The zero-order valence-electron chi connectivity index (χ0n) is 55.8. The molecule has 4 amide bonds. The van der Waals surface area contributed by atoms with E-state index in [0.29, 0.717) is 128 Å².